The third kappa shape index (κ3) is 6.31. The molecule has 1 fully saturated rings. The lowest BCUT2D eigenvalue weighted by Gasteiger charge is -2.30. The second kappa shape index (κ2) is 11.9. The third-order valence-corrected chi connectivity index (χ3v) is 5.88. The number of aliphatic hydroxyl groups is 1. The van der Waals surface area contributed by atoms with Crippen LogP contribution in [0.1, 0.15) is 25.0 Å². The zero-order chi connectivity index (χ0) is 20.8. The van der Waals surface area contributed by atoms with Crippen LogP contribution in [0.3, 0.4) is 0 Å². The summed E-state index contributed by atoms with van der Waals surface area (Å²) in [6.45, 7) is 8.97. The van der Waals surface area contributed by atoms with E-state index in [2.05, 4.69) is 51.3 Å². The molecule has 0 radical (unpaired) electrons. The van der Waals surface area contributed by atoms with Gasteiger partial charge in [0.15, 0.2) is 5.96 Å². The molecule has 2 aliphatic rings. The van der Waals surface area contributed by atoms with Crippen molar-refractivity contribution in [3.8, 4) is 0 Å². The Bertz CT molecular complexity index is 730. The molecule has 168 valence electrons. The van der Waals surface area contributed by atoms with Gasteiger partial charge in [-0.25, -0.2) is 0 Å². The Hall–Kier alpha value is -1.39. The highest BCUT2D eigenvalue weighted by Gasteiger charge is 2.36. The van der Waals surface area contributed by atoms with E-state index in [1.807, 2.05) is 6.92 Å². The van der Waals surface area contributed by atoms with E-state index in [4.69, 9.17) is 4.74 Å². The predicted molar refractivity (Wildman–Crippen MR) is 129 cm³/mol. The summed E-state index contributed by atoms with van der Waals surface area (Å²) in [7, 11) is 1.44. The Balaban J connectivity index is 0.00000320. The van der Waals surface area contributed by atoms with Crippen LogP contribution in [0.2, 0.25) is 0 Å². The van der Waals surface area contributed by atoms with E-state index in [0.717, 1.165) is 38.6 Å². The SMILES string of the molecule is CCNC(=NCC(O)CN1CCc2ccccc2C1)N1CC(C)C(C(=O)OC)C1.I. The van der Waals surface area contributed by atoms with Gasteiger partial charge in [0.2, 0.25) is 0 Å². The third-order valence-electron chi connectivity index (χ3n) is 5.88. The number of aliphatic imine (C=N–C) groups is 1. The zero-order valence-electron chi connectivity index (χ0n) is 18.2. The molecule has 3 atom stereocenters. The molecule has 0 saturated carbocycles. The number of nitrogens with zero attached hydrogens (tertiary/aromatic N) is 3. The number of hydrogen-bond acceptors (Lipinski definition) is 5. The van der Waals surface area contributed by atoms with Gasteiger partial charge < -0.3 is 20.1 Å². The predicted octanol–water partition coefficient (Wildman–Crippen LogP) is 1.73. The van der Waals surface area contributed by atoms with Crippen LogP contribution in [-0.4, -0.2) is 79.3 Å². The van der Waals surface area contributed by atoms with Gasteiger partial charge in [0.05, 0.1) is 25.7 Å². The second-order valence-corrected chi connectivity index (χ2v) is 8.11. The fourth-order valence-corrected chi connectivity index (χ4v) is 4.28. The number of carbonyl (C=O) groups excluding carboxylic acids is 1. The number of benzene rings is 1. The van der Waals surface area contributed by atoms with Gasteiger partial charge in [-0.1, -0.05) is 31.2 Å². The van der Waals surface area contributed by atoms with E-state index in [9.17, 15) is 9.90 Å². The molecule has 2 aliphatic heterocycles. The second-order valence-electron chi connectivity index (χ2n) is 8.11. The smallest absolute Gasteiger partial charge is 0.310 e. The highest BCUT2D eigenvalue weighted by Crippen LogP contribution is 2.24. The maximum Gasteiger partial charge on any atom is 0.310 e. The standard InChI is InChI=1S/C22H34N4O3.HI/c1-4-23-22(26-12-16(2)20(15-26)21(28)29-3)24-11-19(27)14-25-10-9-17-7-5-6-8-18(17)13-25;/h5-8,16,19-20,27H,4,9-15H2,1-3H3,(H,23,24);1H. The molecule has 1 aromatic rings. The number of β-amino-alcohol motifs (C(OH)–C–C–N with tert-alkyl or cyclic N) is 1. The minimum atomic E-state index is -0.523. The maximum atomic E-state index is 12.0. The molecule has 2 heterocycles. The molecular formula is C22H35IN4O3. The largest absolute Gasteiger partial charge is 0.469 e. The molecule has 0 bridgehead atoms. The molecule has 8 heteroatoms. The molecule has 1 saturated heterocycles. The first-order valence-electron chi connectivity index (χ1n) is 10.6. The zero-order valence-corrected chi connectivity index (χ0v) is 20.5. The Morgan fingerprint density at radius 2 is 2.07 bits per heavy atom. The molecular weight excluding hydrogens is 495 g/mol. The van der Waals surface area contributed by atoms with Crippen LogP contribution in [0, 0.1) is 11.8 Å². The molecule has 1 aromatic carbocycles. The normalized spacial score (nSPS) is 22.8. The number of esters is 1. The van der Waals surface area contributed by atoms with Gasteiger partial charge in [0.1, 0.15) is 0 Å². The van der Waals surface area contributed by atoms with Crippen molar-refractivity contribution in [2.45, 2.75) is 32.9 Å². The quantitative estimate of drug-likeness (QED) is 0.253. The highest BCUT2D eigenvalue weighted by atomic mass is 127. The minimum absolute atomic E-state index is 0. The van der Waals surface area contributed by atoms with E-state index < -0.39 is 6.10 Å². The van der Waals surface area contributed by atoms with Crippen LogP contribution in [0.4, 0.5) is 0 Å². The van der Waals surface area contributed by atoms with Crippen molar-refractivity contribution in [3.05, 3.63) is 35.4 Å². The lowest BCUT2D eigenvalue weighted by molar-refractivity contribution is -0.145. The number of aliphatic hydroxyl groups excluding tert-OH is 1. The van der Waals surface area contributed by atoms with Gasteiger partial charge in [0.25, 0.3) is 0 Å². The average molecular weight is 530 g/mol. The van der Waals surface area contributed by atoms with E-state index in [-0.39, 0.29) is 41.8 Å². The fraction of sp³-hybridized carbons (Fsp3) is 0.636. The maximum absolute atomic E-state index is 12.0. The molecule has 30 heavy (non-hydrogen) atoms. The first-order valence-corrected chi connectivity index (χ1v) is 10.6. The monoisotopic (exact) mass is 530 g/mol. The number of hydrogen-bond donors (Lipinski definition) is 2. The summed E-state index contributed by atoms with van der Waals surface area (Å²) in [5, 5.41) is 13.9. The van der Waals surface area contributed by atoms with E-state index in [1.165, 1.54) is 18.2 Å². The van der Waals surface area contributed by atoms with E-state index >= 15 is 0 Å². The number of fused-ring (bicyclic) bond motifs is 1. The summed E-state index contributed by atoms with van der Waals surface area (Å²) in [5.41, 5.74) is 2.76. The first-order chi connectivity index (χ1) is 14.0. The first kappa shape index (κ1) is 24.9. The van der Waals surface area contributed by atoms with Crippen molar-refractivity contribution in [1.29, 1.82) is 0 Å². The number of methoxy groups -OCH3 is 1. The number of guanidine groups is 1. The van der Waals surface area contributed by atoms with Crippen LogP contribution < -0.4 is 5.32 Å². The molecule has 3 unspecified atom stereocenters. The number of ether oxygens (including phenoxy) is 1. The van der Waals surface area contributed by atoms with Gasteiger partial charge in [-0.2, -0.15) is 0 Å². The average Bonchev–Trinajstić information content (AvgIpc) is 3.12. The van der Waals surface area contributed by atoms with Crippen LogP contribution in [-0.2, 0) is 22.5 Å². The molecule has 0 spiro atoms. The van der Waals surface area contributed by atoms with Crippen LogP contribution in [0.25, 0.3) is 0 Å². The van der Waals surface area contributed by atoms with Crippen molar-refractivity contribution in [2.75, 3.05) is 46.4 Å². The lowest BCUT2D eigenvalue weighted by Crippen LogP contribution is -2.42. The number of halogens is 1. The van der Waals surface area contributed by atoms with Gasteiger partial charge in [-0.05, 0) is 30.4 Å². The number of carbonyl (C=O) groups is 1. The van der Waals surface area contributed by atoms with Crippen molar-refractivity contribution < 1.29 is 14.6 Å². The summed E-state index contributed by atoms with van der Waals surface area (Å²) in [6.07, 6.45) is 0.500. The summed E-state index contributed by atoms with van der Waals surface area (Å²) in [5.74, 6) is 0.668. The topological polar surface area (TPSA) is 77.4 Å². The molecule has 7 nitrogen and oxygen atoms in total. The van der Waals surface area contributed by atoms with Gasteiger partial charge in [-0.3, -0.25) is 14.7 Å². The Labute approximate surface area is 196 Å². The number of nitrogens with one attached hydrogen (secondary N) is 1. The molecule has 3 rings (SSSR count). The minimum Gasteiger partial charge on any atom is -0.469 e. The Morgan fingerprint density at radius 1 is 1.33 bits per heavy atom. The van der Waals surface area contributed by atoms with Crippen LogP contribution in [0.15, 0.2) is 29.3 Å². The Morgan fingerprint density at radius 3 is 2.77 bits per heavy atom. The summed E-state index contributed by atoms with van der Waals surface area (Å²) >= 11 is 0. The van der Waals surface area contributed by atoms with Crippen molar-refractivity contribution in [1.82, 2.24) is 15.1 Å². The molecule has 0 amide bonds. The van der Waals surface area contributed by atoms with E-state index in [0.29, 0.717) is 19.6 Å². The summed E-state index contributed by atoms with van der Waals surface area (Å²) in [4.78, 5) is 21.0. The van der Waals surface area contributed by atoms with Crippen molar-refractivity contribution in [3.63, 3.8) is 0 Å². The molecule has 0 aromatic heterocycles. The Kier molecular flexibility index (Phi) is 9.83. The molecule has 2 N–H and O–H groups in total. The summed E-state index contributed by atoms with van der Waals surface area (Å²) < 4.78 is 4.93. The number of rotatable bonds is 6. The van der Waals surface area contributed by atoms with Gasteiger partial charge >= 0.3 is 5.97 Å². The van der Waals surface area contributed by atoms with Crippen molar-refractivity contribution >= 4 is 35.9 Å². The van der Waals surface area contributed by atoms with Crippen LogP contribution in [0.5, 0.6) is 0 Å². The highest BCUT2D eigenvalue weighted by molar-refractivity contribution is 14.0. The molecule has 0 aliphatic carbocycles. The van der Waals surface area contributed by atoms with Crippen LogP contribution >= 0.6 is 24.0 Å². The number of likely N-dealkylation sites (tertiary alicyclic amines) is 1. The van der Waals surface area contributed by atoms with Crippen molar-refractivity contribution in [2.24, 2.45) is 16.8 Å². The fourth-order valence-electron chi connectivity index (χ4n) is 4.28. The summed E-state index contributed by atoms with van der Waals surface area (Å²) in [6, 6.07) is 8.52. The van der Waals surface area contributed by atoms with Gasteiger partial charge in [0, 0.05) is 39.3 Å². The van der Waals surface area contributed by atoms with Gasteiger partial charge in [-0.15, -0.1) is 24.0 Å². The van der Waals surface area contributed by atoms with E-state index in [1.54, 1.807) is 0 Å². The lowest BCUT2D eigenvalue weighted by atomic mass is 9.99.